The van der Waals surface area contributed by atoms with Crippen molar-refractivity contribution in [2.24, 2.45) is 0 Å². The molecule has 2 nitrogen and oxygen atoms in total. The summed E-state index contributed by atoms with van der Waals surface area (Å²) in [5.41, 5.74) is 2.73. The van der Waals surface area contributed by atoms with Crippen LogP contribution in [0.15, 0.2) is 42.5 Å². The first-order valence-electron chi connectivity index (χ1n) is 5.56. The molecule has 0 spiro atoms. The van der Waals surface area contributed by atoms with Crippen LogP contribution in [0.5, 0.6) is 0 Å². The number of aromatic nitrogens is 2. The Morgan fingerprint density at radius 2 is 1.83 bits per heavy atom. The van der Waals surface area contributed by atoms with Crippen LogP contribution in [-0.2, 0) is 0 Å². The Morgan fingerprint density at radius 3 is 2.56 bits per heavy atom. The molecular formula is C14H10ClFN2. The Morgan fingerprint density at radius 1 is 1.11 bits per heavy atom. The molecular weight excluding hydrogens is 251 g/mol. The van der Waals surface area contributed by atoms with Gasteiger partial charge in [0.15, 0.2) is 5.15 Å². The second kappa shape index (κ2) is 4.10. The van der Waals surface area contributed by atoms with Gasteiger partial charge in [-0.3, -0.25) is 4.40 Å². The van der Waals surface area contributed by atoms with E-state index in [4.69, 9.17) is 11.6 Å². The van der Waals surface area contributed by atoms with Crippen molar-refractivity contribution in [3.8, 4) is 11.4 Å². The summed E-state index contributed by atoms with van der Waals surface area (Å²) in [6.07, 6.45) is 0. The highest BCUT2D eigenvalue weighted by Crippen LogP contribution is 2.27. The number of halogens is 2. The van der Waals surface area contributed by atoms with E-state index in [2.05, 4.69) is 4.98 Å². The SMILES string of the molecule is Cc1cccc2c(Cl)nc(-c3ccc(F)cc3)n12. The first kappa shape index (κ1) is 11.2. The Bertz CT molecular complexity index is 716. The molecule has 18 heavy (non-hydrogen) atoms. The van der Waals surface area contributed by atoms with E-state index in [1.165, 1.54) is 12.1 Å². The molecule has 0 N–H and O–H groups in total. The lowest BCUT2D eigenvalue weighted by molar-refractivity contribution is 0.628. The molecule has 0 atom stereocenters. The van der Waals surface area contributed by atoms with Crippen molar-refractivity contribution >= 4 is 17.1 Å². The van der Waals surface area contributed by atoms with Crippen molar-refractivity contribution < 1.29 is 4.39 Å². The molecule has 3 rings (SSSR count). The quantitative estimate of drug-likeness (QED) is 0.644. The van der Waals surface area contributed by atoms with Crippen molar-refractivity contribution in [2.75, 3.05) is 0 Å². The number of imidazole rings is 1. The van der Waals surface area contributed by atoms with E-state index in [0.29, 0.717) is 5.15 Å². The normalized spacial score (nSPS) is 11.1. The van der Waals surface area contributed by atoms with E-state index >= 15 is 0 Å². The lowest BCUT2D eigenvalue weighted by Crippen LogP contribution is -1.93. The summed E-state index contributed by atoms with van der Waals surface area (Å²) in [6.45, 7) is 1.98. The van der Waals surface area contributed by atoms with Crippen LogP contribution in [0, 0.1) is 12.7 Å². The van der Waals surface area contributed by atoms with Gasteiger partial charge in [0.05, 0.1) is 5.52 Å². The lowest BCUT2D eigenvalue weighted by atomic mass is 10.2. The number of rotatable bonds is 1. The minimum Gasteiger partial charge on any atom is -0.295 e. The van der Waals surface area contributed by atoms with Gasteiger partial charge in [-0.2, -0.15) is 0 Å². The molecule has 0 unspecified atom stereocenters. The zero-order valence-electron chi connectivity index (χ0n) is 9.69. The van der Waals surface area contributed by atoms with Gasteiger partial charge in [-0.15, -0.1) is 0 Å². The van der Waals surface area contributed by atoms with E-state index in [-0.39, 0.29) is 5.82 Å². The first-order chi connectivity index (χ1) is 8.66. The topological polar surface area (TPSA) is 17.3 Å². The molecule has 3 aromatic rings. The monoisotopic (exact) mass is 260 g/mol. The number of nitrogens with zero attached hydrogens (tertiary/aromatic N) is 2. The molecule has 0 aliphatic carbocycles. The first-order valence-corrected chi connectivity index (χ1v) is 5.94. The molecule has 0 saturated heterocycles. The highest BCUT2D eigenvalue weighted by atomic mass is 35.5. The van der Waals surface area contributed by atoms with Crippen LogP contribution in [0.4, 0.5) is 4.39 Å². The van der Waals surface area contributed by atoms with Gasteiger partial charge in [0.2, 0.25) is 0 Å². The summed E-state index contributed by atoms with van der Waals surface area (Å²) < 4.78 is 14.9. The van der Waals surface area contributed by atoms with E-state index in [9.17, 15) is 4.39 Å². The summed E-state index contributed by atoms with van der Waals surface area (Å²) in [4.78, 5) is 4.36. The van der Waals surface area contributed by atoms with Gasteiger partial charge >= 0.3 is 0 Å². The zero-order valence-corrected chi connectivity index (χ0v) is 10.4. The smallest absolute Gasteiger partial charge is 0.155 e. The Balaban J connectivity index is 2.32. The number of pyridine rings is 1. The van der Waals surface area contributed by atoms with E-state index < -0.39 is 0 Å². The average Bonchev–Trinajstić information content (AvgIpc) is 2.70. The fourth-order valence-electron chi connectivity index (χ4n) is 2.05. The number of aryl methyl sites for hydroxylation is 1. The molecule has 2 heterocycles. The van der Waals surface area contributed by atoms with Crippen LogP contribution in [0.3, 0.4) is 0 Å². The fourth-order valence-corrected chi connectivity index (χ4v) is 2.28. The Hall–Kier alpha value is -1.87. The number of hydrogen-bond acceptors (Lipinski definition) is 1. The van der Waals surface area contributed by atoms with Crippen molar-refractivity contribution in [3.05, 3.63) is 59.1 Å². The maximum Gasteiger partial charge on any atom is 0.155 e. The number of fused-ring (bicyclic) bond motifs is 1. The largest absolute Gasteiger partial charge is 0.295 e. The van der Waals surface area contributed by atoms with E-state index in [1.54, 1.807) is 12.1 Å². The maximum absolute atomic E-state index is 12.9. The van der Waals surface area contributed by atoms with Gasteiger partial charge < -0.3 is 0 Å². The van der Waals surface area contributed by atoms with Crippen molar-refractivity contribution in [1.82, 2.24) is 9.38 Å². The predicted octanol–water partition coefficient (Wildman–Crippen LogP) is 4.10. The highest BCUT2D eigenvalue weighted by Gasteiger charge is 2.12. The van der Waals surface area contributed by atoms with E-state index in [1.807, 2.05) is 29.5 Å². The second-order valence-corrected chi connectivity index (χ2v) is 4.48. The third kappa shape index (κ3) is 1.68. The van der Waals surface area contributed by atoms with Crippen LogP contribution >= 0.6 is 11.6 Å². The summed E-state index contributed by atoms with van der Waals surface area (Å²) in [5, 5.41) is 0.457. The second-order valence-electron chi connectivity index (χ2n) is 4.12. The standard InChI is InChI=1S/C14H10ClFN2/c1-9-3-2-4-12-13(15)17-14(18(9)12)10-5-7-11(16)8-6-10/h2-8H,1H3. The molecule has 0 fully saturated rings. The molecule has 1 aromatic carbocycles. The minimum absolute atomic E-state index is 0.262. The third-order valence-corrected chi connectivity index (χ3v) is 3.19. The molecule has 0 saturated carbocycles. The van der Waals surface area contributed by atoms with Crippen LogP contribution in [0.2, 0.25) is 5.15 Å². The van der Waals surface area contributed by atoms with Gasteiger partial charge in [-0.05, 0) is 43.3 Å². The van der Waals surface area contributed by atoms with Crippen LogP contribution in [0.25, 0.3) is 16.9 Å². The van der Waals surface area contributed by atoms with Gasteiger partial charge in [-0.25, -0.2) is 9.37 Å². The van der Waals surface area contributed by atoms with Crippen molar-refractivity contribution in [2.45, 2.75) is 6.92 Å². The van der Waals surface area contributed by atoms with E-state index in [0.717, 1.165) is 22.6 Å². The zero-order chi connectivity index (χ0) is 12.7. The molecule has 0 aliphatic rings. The van der Waals surface area contributed by atoms with Crippen LogP contribution in [0.1, 0.15) is 5.69 Å². The molecule has 0 amide bonds. The molecule has 2 aromatic heterocycles. The van der Waals surface area contributed by atoms with Gasteiger partial charge in [0.1, 0.15) is 11.6 Å². The molecule has 90 valence electrons. The fraction of sp³-hybridized carbons (Fsp3) is 0.0714. The summed E-state index contributed by atoms with van der Waals surface area (Å²) in [7, 11) is 0. The minimum atomic E-state index is -0.262. The molecule has 0 radical (unpaired) electrons. The Kier molecular flexibility index (Phi) is 2.56. The van der Waals surface area contributed by atoms with Gasteiger partial charge in [0.25, 0.3) is 0 Å². The number of hydrogen-bond donors (Lipinski definition) is 0. The average molecular weight is 261 g/mol. The maximum atomic E-state index is 12.9. The number of benzene rings is 1. The van der Waals surface area contributed by atoms with Crippen molar-refractivity contribution in [3.63, 3.8) is 0 Å². The van der Waals surface area contributed by atoms with Crippen LogP contribution in [-0.4, -0.2) is 9.38 Å². The van der Waals surface area contributed by atoms with Crippen LogP contribution < -0.4 is 0 Å². The summed E-state index contributed by atoms with van der Waals surface area (Å²) in [6, 6.07) is 12.1. The molecule has 4 heteroatoms. The predicted molar refractivity (Wildman–Crippen MR) is 70.3 cm³/mol. The molecule has 0 aliphatic heterocycles. The van der Waals surface area contributed by atoms with Crippen molar-refractivity contribution in [1.29, 1.82) is 0 Å². The Labute approximate surface area is 109 Å². The third-order valence-electron chi connectivity index (χ3n) is 2.91. The molecule has 0 bridgehead atoms. The summed E-state index contributed by atoms with van der Waals surface area (Å²) >= 11 is 6.12. The lowest BCUT2D eigenvalue weighted by Gasteiger charge is -2.04. The van der Waals surface area contributed by atoms with Gasteiger partial charge in [0, 0.05) is 11.3 Å². The summed E-state index contributed by atoms with van der Waals surface area (Å²) in [5.74, 6) is 0.468. The van der Waals surface area contributed by atoms with Gasteiger partial charge in [-0.1, -0.05) is 17.7 Å². The highest BCUT2D eigenvalue weighted by molar-refractivity contribution is 6.32.